The van der Waals surface area contributed by atoms with E-state index < -0.39 is 11.4 Å². The molecular formula is C15H23NO2. The Bertz CT molecular complexity index is 429. The van der Waals surface area contributed by atoms with Crippen molar-refractivity contribution >= 4 is 11.7 Å². The maximum absolute atomic E-state index is 11.8. The number of carboxylic acid groups (broad SMARTS) is 1. The average molecular weight is 249 g/mol. The van der Waals surface area contributed by atoms with E-state index >= 15 is 0 Å². The summed E-state index contributed by atoms with van der Waals surface area (Å²) in [6, 6.07) is 5.66. The predicted octanol–water partition coefficient (Wildman–Crippen LogP) is 3.50. The van der Waals surface area contributed by atoms with Gasteiger partial charge >= 0.3 is 5.97 Å². The fourth-order valence-corrected chi connectivity index (χ4v) is 2.45. The number of hydrogen-bond acceptors (Lipinski definition) is 2. The van der Waals surface area contributed by atoms with E-state index in [1.54, 1.807) is 0 Å². The van der Waals surface area contributed by atoms with Gasteiger partial charge in [-0.25, -0.2) is 0 Å². The molecule has 3 N–H and O–H groups in total. The van der Waals surface area contributed by atoms with Gasteiger partial charge in [0.25, 0.3) is 0 Å². The average Bonchev–Trinajstić information content (AvgIpc) is 2.35. The molecule has 1 aromatic rings. The van der Waals surface area contributed by atoms with E-state index in [9.17, 15) is 9.90 Å². The van der Waals surface area contributed by atoms with E-state index in [1.165, 1.54) is 0 Å². The second-order valence-corrected chi connectivity index (χ2v) is 4.88. The molecule has 0 saturated heterocycles. The fraction of sp³-hybridized carbons (Fsp3) is 0.533. The zero-order valence-electron chi connectivity index (χ0n) is 11.5. The van der Waals surface area contributed by atoms with Crippen LogP contribution in [0.3, 0.4) is 0 Å². The van der Waals surface area contributed by atoms with E-state index in [0.717, 1.165) is 24.0 Å². The van der Waals surface area contributed by atoms with E-state index in [0.29, 0.717) is 18.5 Å². The van der Waals surface area contributed by atoms with Crippen molar-refractivity contribution in [2.24, 2.45) is 0 Å². The zero-order chi connectivity index (χ0) is 13.8. The molecule has 18 heavy (non-hydrogen) atoms. The summed E-state index contributed by atoms with van der Waals surface area (Å²) in [4.78, 5) is 11.8. The van der Waals surface area contributed by atoms with Crippen LogP contribution in [0.25, 0.3) is 0 Å². The Balaban J connectivity index is 3.32. The highest BCUT2D eigenvalue weighted by Crippen LogP contribution is 2.38. The first-order chi connectivity index (χ1) is 8.49. The van der Waals surface area contributed by atoms with Crippen LogP contribution in [0.1, 0.15) is 50.7 Å². The fourth-order valence-electron chi connectivity index (χ4n) is 2.45. The number of hydrogen-bond donors (Lipinski definition) is 2. The van der Waals surface area contributed by atoms with Gasteiger partial charge in [0.1, 0.15) is 0 Å². The Labute approximate surface area is 109 Å². The lowest BCUT2D eigenvalue weighted by atomic mass is 9.73. The topological polar surface area (TPSA) is 63.3 Å². The molecule has 1 unspecified atom stereocenters. The highest BCUT2D eigenvalue weighted by atomic mass is 16.4. The van der Waals surface area contributed by atoms with Crippen molar-refractivity contribution in [3.8, 4) is 0 Å². The Morgan fingerprint density at radius 1 is 1.39 bits per heavy atom. The van der Waals surface area contributed by atoms with Crippen LogP contribution >= 0.6 is 0 Å². The molecule has 1 atom stereocenters. The second kappa shape index (κ2) is 5.89. The lowest BCUT2D eigenvalue weighted by molar-refractivity contribution is -0.144. The summed E-state index contributed by atoms with van der Waals surface area (Å²) in [5, 5.41) is 9.66. The van der Waals surface area contributed by atoms with Crippen molar-refractivity contribution < 1.29 is 9.90 Å². The SMILES string of the molecule is CCCCC(CC)(C(=O)O)c1cccc(C)c1N. The van der Waals surface area contributed by atoms with E-state index in [1.807, 2.05) is 32.0 Å². The molecular weight excluding hydrogens is 226 g/mol. The molecule has 0 heterocycles. The zero-order valence-corrected chi connectivity index (χ0v) is 11.5. The van der Waals surface area contributed by atoms with Gasteiger partial charge in [-0.2, -0.15) is 0 Å². The van der Waals surface area contributed by atoms with Crippen molar-refractivity contribution in [1.82, 2.24) is 0 Å². The van der Waals surface area contributed by atoms with Crippen molar-refractivity contribution in [2.45, 2.75) is 51.9 Å². The van der Waals surface area contributed by atoms with Crippen LogP contribution in [0.15, 0.2) is 18.2 Å². The molecule has 0 spiro atoms. The summed E-state index contributed by atoms with van der Waals surface area (Å²) in [5.41, 5.74) is 7.59. The minimum atomic E-state index is -0.841. The first kappa shape index (κ1) is 14.6. The first-order valence-corrected chi connectivity index (χ1v) is 6.58. The molecule has 0 fully saturated rings. The Hall–Kier alpha value is -1.51. The number of aryl methyl sites for hydroxylation is 1. The molecule has 3 nitrogen and oxygen atoms in total. The number of para-hydroxylation sites is 1. The van der Waals surface area contributed by atoms with Crippen molar-refractivity contribution in [2.75, 3.05) is 5.73 Å². The molecule has 1 rings (SSSR count). The van der Waals surface area contributed by atoms with Gasteiger partial charge in [0.2, 0.25) is 0 Å². The third-order valence-corrected chi connectivity index (χ3v) is 3.81. The van der Waals surface area contributed by atoms with Crippen LogP contribution in [0.2, 0.25) is 0 Å². The highest BCUT2D eigenvalue weighted by Gasteiger charge is 2.39. The summed E-state index contributed by atoms with van der Waals surface area (Å²) in [6.45, 7) is 5.91. The molecule has 0 amide bonds. The summed E-state index contributed by atoms with van der Waals surface area (Å²) in [6.07, 6.45) is 3.09. The van der Waals surface area contributed by atoms with Gasteiger partial charge in [-0.05, 0) is 30.9 Å². The normalized spacial score (nSPS) is 14.2. The number of rotatable bonds is 6. The molecule has 0 radical (unpaired) electrons. The Kier molecular flexibility index (Phi) is 4.76. The Morgan fingerprint density at radius 3 is 2.56 bits per heavy atom. The summed E-state index contributed by atoms with van der Waals surface area (Å²) < 4.78 is 0. The summed E-state index contributed by atoms with van der Waals surface area (Å²) in [5.74, 6) is -0.768. The number of carbonyl (C=O) groups is 1. The van der Waals surface area contributed by atoms with Crippen molar-refractivity contribution in [3.63, 3.8) is 0 Å². The van der Waals surface area contributed by atoms with Crippen LogP contribution in [0.4, 0.5) is 5.69 Å². The number of aliphatic carboxylic acids is 1. The minimum absolute atomic E-state index is 0.565. The van der Waals surface area contributed by atoms with Gasteiger partial charge in [-0.3, -0.25) is 4.79 Å². The standard InChI is InChI=1S/C15H23NO2/c1-4-6-10-15(5-2,14(17)18)12-9-7-8-11(3)13(12)16/h7-9H,4-6,10,16H2,1-3H3,(H,17,18). The van der Waals surface area contributed by atoms with Gasteiger partial charge in [0, 0.05) is 5.69 Å². The Morgan fingerprint density at radius 2 is 2.06 bits per heavy atom. The maximum atomic E-state index is 11.8. The highest BCUT2D eigenvalue weighted by molar-refractivity contribution is 5.84. The molecule has 1 aromatic carbocycles. The number of benzene rings is 1. The third kappa shape index (κ3) is 2.50. The van der Waals surface area contributed by atoms with Crippen LogP contribution in [0.5, 0.6) is 0 Å². The molecule has 100 valence electrons. The minimum Gasteiger partial charge on any atom is -0.481 e. The lowest BCUT2D eigenvalue weighted by Crippen LogP contribution is -2.36. The number of carboxylic acids is 1. The van der Waals surface area contributed by atoms with Crippen LogP contribution in [0, 0.1) is 6.92 Å². The molecule has 0 bridgehead atoms. The van der Waals surface area contributed by atoms with Gasteiger partial charge < -0.3 is 10.8 Å². The van der Waals surface area contributed by atoms with Gasteiger partial charge in [0.05, 0.1) is 5.41 Å². The molecule has 0 aliphatic heterocycles. The molecule has 0 aromatic heterocycles. The van der Waals surface area contributed by atoms with Crippen LogP contribution in [-0.2, 0) is 10.2 Å². The number of anilines is 1. The molecule has 0 aliphatic rings. The van der Waals surface area contributed by atoms with Gasteiger partial charge in [0.15, 0.2) is 0 Å². The second-order valence-electron chi connectivity index (χ2n) is 4.88. The molecule has 0 aliphatic carbocycles. The van der Waals surface area contributed by atoms with Crippen molar-refractivity contribution in [1.29, 1.82) is 0 Å². The molecule has 3 heteroatoms. The first-order valence-electron chi connectivity index (χ1n) is 6.58. The summed E-state index contributed by atoms with van der Waals surface area (Å²) in [7, 11) is 0. The van der Waals surface area contributed by atoms with Gasteiger partial charge in [-0.1, -0.05) is 44.9 Å². The molecule has 0 saturated carbocycles. The van der Waals surface area contributed by atoms with E-state index in [4.69, 9.17) is 5.73 Å². The number of unbranched alkanes of at least 4 members (excludes halogenated alkanes) is 1. The number of nitrogens with two attached hydrogens (primary N) is 1. The van der Waals surface area contributed by atoms with Crippen LogP contribution in [-0.4, -0.2) is 11.1 Å². The quantitative estimate of drug-likeness (QED) is 0.758. The predicted molar refractivity (Wildman–Crippen MR) is 74.7 cm³/mol. The van der Waals surface area contributed by atoms with E-state index in [2.05, 4.69) is 6.92 Å². The van der Waals surface area contributed by atoms with Crippen molar-refractivity contribution in [3.05, 3.63) is 29.3 Å². The summed E-state index contributed by atoms with van der Waals surface area (Å²) >= 11 is 0. The largest absolute Gasteiger partial charge is 0.481 e. The van der Waals surface area contributed by atoms with E-state index in [-0.39, 0.29) is 0 Å². The lowest BCUT2D eigenvalue weighted by Gasteiger charge is -2.30. The third-order valence-electron chi connectivity index (χ3n) is 3.81. The maximum Gasteiger partial charge on any atom is 0.314 e. The number of nitrogen functional groups attached to an aromatic ring is 1. The monoisotopic (exact) mass is 249 g/mol. The van der Waals surface area contributed by atoms with Crippen LogP contribution < -0.4 is 5.73 Å². The smallest absolute Gasteiger partial charge is 0.314 e. The van der Waals surface area contributed by atoms with Gasteiger partial charge in [-0.15, -0.1) is 0 Å².